The molecule has 0 fully saturated rings. The zero-order valence-corrected chi connectivity index (χ0v) is 15.5. The fourth-order valence-corrected chi connectivity index (χ4v) is 2.71. The number of hydrogen-bond donors (Lipinski definition) is 1. The highest BCUT2D eigenvalue weighted by Gasteiger charge is 2.11. The molecule has 0 aromatic heterocycles. The first kappa shape index (κ1) is 19.6. The maximum atomic E-state index is 12.3. The number of para-hydroxylation sites is 1. The molecule has 0 radical (unpaired) electrons. The number of terminal acetylenes is 1. The van der Waals surface area contributed by atoms with Crippen molar-refractivity contribution in [2.45, 2.75) is 26.9 Å². The Morgan fingerprint density at radius 2 is 1.77 bits per heavy atom. The maximum absolute atomic E-state index is 12.3. The summed E-state index contributed by atoms with van der Waals surface area (Å²) in [5.74, 6) is 3.36. The Kier molecular flexibility index (Phi) is 7.73. The topological polar surface area (TPSA) is 41.6 Å². The van der Waals surface area contributed by atoms with Crippen molar-refractivity contribution in [3.63, 3.8) is 0 Å². The highest BCUT2D eigenvalue weighted by Crippen LogP contribution is 2.17. The summed E-state index contributed by atoms with van der Waals surface area (Å²) >= 11 is 0. The fourth-order valence-electron chi connectivity index (χ4n) is 2.71. The van der Waals surface area contributed by atoms with Crippen molar-refractivity contribution in [1.82, 2.24) is 10.2 Å². The zero-order valence-electron chi connectivity index (χ0n) is 15.5. The lowest BCUT2D eigenvalue weighted by molar-refractivity contribution is 0.0773. The van der Waals surface area contributed by atoms with Crippen LogP contribution in [0.15, 0.2) is 48.5 Å². The van der Waals surface area contributed by atoms with Gasteiger partial charge in [-0.05, 0) is 37.6 Å². The predicted molar refractivity (Wildman–Crippen MR) is 105 cm³/mol. The number of hydrogen-bond acceptors (Lipinski definition) is 3. The molecule has 0 unspecified atom stereocenters. The summed E-state index contributed by atoms with van der Waals surface area (Å²) in [5.41, 5.74) is 2.92. The van der Waals surface area contributed by atoms with Crippen molar-refractivity contribution in [1.29, 1.82) is 0 Å². The summed E-state index contributed by atoms with van der Waals surface area (Å²) in [6, 6.07) is 15.6. The first-order valence-electron chi connectivity index (χ1n) is 8.92. The molecule has 0 aliphatic rings. The van der Waals surface area contributed by atoms with Crippen LogP contribution in [0.25, 0.3) is 0 Å². The SMILES string of the molecule is C#CCOc1ccccc1CNCc1ccc(C(=O)N(CC)CC)cc1. The number of amides is 1. The van der Waals surface area contributed by atoms with Crippen LogP contribution in [0, 0.1) is 12.3 Å². The second-order valence-electron chi connectivity index (χ2n) is 5.88. The molecule has 0 bridgehead atoms. The molecule has 0 saturated carbocycles. The zero-order chi connectivity index (χ0) is 18.8. The lowest BCUT2D eigenvalue weighted by Gasteiger charge is -2.18. The standard InChI is InChI=1S/C22H26N2O2/c1-4-15-26-21-10-8-7-9-20(21)17-23-16-18-11-13-19(14-12-18)22(25)24(5-2)6-3/h1,7-14,23H,5-6,15-17H2,2-3H3. The highest BCUT2D eigenvalue weighted by atomic mass is 16.5. The smallest absolute Gasteiger partial charge is 0.253 e. The van der Waals surface area contributed by atoms with E-state index < -0.39 is 0 Å². The average molecular weight is 350 g/mol. The molecule has 2 rings (SSSR count). The van der Waals surface area contributed by atoms with Gasteiger partial charge >= 0.3 is 0 Å². The molecule has 0 aliphatic heterocycles. The largest absolute Gasteiger partial charge is 0.481 e. The number of benzene rings is 2. The number of carbonyl (C=O) groups excluding carboxylic acids is 1. The normalized spacial score (nSPS) is 10.2. The van der Waals surface area contributed by atoms with Crippen LogP contribution in [0.4, 0.5) is 0 Å². The predicted octanol–water partition coefficient (Wildman–Crippen LogP) is 3.47. The van der Waals surface area contributed by atoms with E-state index in [1.54, 1.807) is 0 Å². The van der Waals surface area contributed by atoms with Crippen LogP contribution in [0.3, 0.4) is 0 Å². The summed E-state index contributed by atoms with van der Waals surface area (Å²) in [6.07, 6.45) is 5.25. The van der Waals surface area contributed by atoms with Crippen LogP contribution >= 0.6 is 0 Å². The molecule has 0 aliphatic carbocycles. The van der Waals surface area contributed by atoms with Gasteiger partial charge in [-0.15, -0.1) is 6.42 Å². The molecule has 4 nitrogen and oxygen atoms in total. The van der Waals surface area contributed by atoms with Gasteiger partial charge in [0.2, 0.25) is 0 Å². The molecule has 1 N–H and O–H groups in total. The molecular weight excluding hydrogens is 324 g/mol. The Morgan fingerprint density at radius 3 is 2.42 bits per heavy atom. The van der Waals surface area contributed by atoms with Crippen molar-refractivity contribution in [3.05, 3.63) is 65.2 Å². The number of carbonyl (C=O) groups is 1. The van der Waals surface area contributed by atoms with Crippen LogP contribution in [0.5, 0.6) is 5.75 Å². The van der Waals surface area contributed by atoms with Gasteiger partial charge in [0.1, 0.15) is 12.4 Å². The van der Waals surface area contributed by atoms with Crippen LogP contribution in [0.2, 0.25) is 0 Å². The summed E-state index contributed by atoms with van der Waals surface area (Å²) in [7, 11) is 0. The van der Waals surface area contributed by atoms with E-state index in [1.165, 1.54) is 0 Å². The van der Waals surface area contributed by atoms with Crippen LogP contribution in [-0.4, -0.2) is 30.5 Å². The van der Waals surface area contributed by atoms with Gasteiger partial charge < -0.3 is 15.0 Å². The lowest BCUT2D eigenvalue weighted by atomic mass is 10.1. The van der Waals surface area contributed by atoms with Crippen molar-refractivity contribution in [2.24, 2.45) is 0 Å². The molecule has 26 heavy (non-hydrogen) atoms. The van der Waals surface area contributed by atoms with E-state index in [0.29, 0.717) is 13.1 Å². The summed E-state index contributed by atoms with van der Waals surface area (Å²) in [4.78, 5) is 14.1. The van der Waals surface area contributed by atoms with Gasteiger partial charge in [-0.25, -0.2) is 0 Å². The van der Waals surface area contributed by atoms with E-state index >= 15 is 0 Å². The third kappa shape index (κ3) is 5.37. The molecule has 1 amide bonds. The minimum Gasteiger partial charge on any atom is -0.481 e. The van der Waals surface area contributed by atoms with Crippen molar-refractivity contribution in [3.8, 4) is 18.1 Å². The quantitative estimate of drug-likeness (QED) is 0.704. The minimum absolute atomic E-state index is 0.0779. The number of rotatable bonds is 9. The molecule has 0 saturated heterocycles. The monoisotopic (exact) mass is 350 g/mol. The molecule has 2 aromatic rings. The summed E-state index contributed by atoms with van der Waals surface area (Å²) in [5, 5.41) is 3.40. The summed E-state index contributed by atoms with van der Waals surface area (Å²) in [6.45, 7) is 7.08. The Morgan fingerprint density at radius 1 is 1.08 bits per heavy atom. The van der Waals surface area contributed by atoms with Crippen LogP contribution in [0.1, 0.15) is 35.3 Å². The average Bonchev–Trinajstić information content (AvgIpc) is 2.68. The Balaban J connectivity index is 1.91. The van der Waals surface area contributed by atoms with Crippen molar-refractivity contribution < 1.29 is 9.53 Å². The van der Waals surface area contributed by atoms with Gasteiger partial charge in [-0.1, -0.05) is 36.3 Å². The number of ether oxygens (including phenoxy) is 1. The van der Waals surface area contributed by atoms with Crippen LogP contribution < -0.4 is 10.1 Å². The van der Waals surface area contributed by atoms with E-state index in [4.69, 9.17) is 11.2 Å². The Bertz CT molecular complexity index is 743. The molecule has 136 valence electrons. The Hall–Kier alpha value is -2.77. The van der Waals surface area contributed by atoms with E-state index in [9.17, 15) is 4.79 Å². The van der Waals surface area contributed by atoms with Gasteiger partial charge in [0, 0.05) is 37.3 Å². The molecule has 0 heterocycles. The Labute approximate surface area is 156 Å². The highest BCUT2D eigenvalue weighted by molar-refractivity contribution is 5.94. The summed E-state index contributed by atoms with van der Waals surface area (Å²) < 4.78 is 5.56. The second-order valence-corrected chi connectivity index (χ2v) is 5.88. The third-order valence-electron chi connectivity index (χ3n) is 4.18. The third-order valence-corrected chi connectivity index (χ3v) is 4.18. The molecule has 0 spiro atoms. The van der Waals surface area contributed by atoms with Gasteiger partial charge in [-0.2, -0.15) is 0 Å². The fraction of sp³-hybridized carbons (Fsp3) is 0.318. The molecule has 4 heteroatoms. The molecule has 0 atom stereocenters. The minimum atomic E-state index is 0.0779. The second kappa shape index (κ2) is 10.3. The van der Waals surface area contributed by atoms with Gasteiger partial charge in [-0.3, -0.25) is 4.79 Å². The molecular formula is C22H26N2O2. The van der Waals surface area contributed by atoms with Gasteiger partial charge in [0.15, 0.2) is 0 Å². The van der Waals surface area contributed by atoms with Gasteiger partial charge in [0.05, 0.1) is 0 Å². The number of nitrogens with one attached hydrogen (secondary N) is 1. The van der Waals surface area contributed by atoms with Crippen molar-refractivity contribution >= 4 is 5.91 Å². The number of nitrogens with zero attached hydrogens (tertiary/aromatic N) is 1. The lowest BCUT2D eigenvalue weighted by Crippen LogP contribution is -2.30. The van der Waals surface area contributed by atoms with E-state index in [0.717, 1.165) is 35.5 Å². The molecule has 2 aromatic carbocycles. The van der Waals surface area contributed by atoms with Crippen LogP contribution in [-0.2, 0) is 13.1 Å². The first-order valence-corrected chi connectivity index (χ1v) is 8.92. The maximum Gasteiger partial charge on any atom is 0.253 e. The van der Waals surface area contributed by atoms with E-state index in [1.807, 2.05) is 67.3 Å². The first-order chi connectivity index (χ1) is 12.7. The van der Waals surface area contributed by atoms with Crippen molar-refractivity contribution in [2.75, 3.05) is 19.7 Å². The van der Waals surface area contributed by atoms with Gasteiger partial charge in [0.25, 0.3) is 5.91 Å². The van der Waals surface area contributed by atoms with E-state index in [2.05, 4.69) is 11.2 Å². The van der Waals surface area contributed by atoms with E-state index in [-0.39, 0.29) is 12.5 Å².